The van der Waals surface area contributed by atoms with Gasteiger partial charge in [0.1, 0.15) is 5.82 Å². The van der Waals surface area contributed by atoms with Crippen molar-refractivity contribution >= 4 is 0 Å². The number of halogens is 1. The first-order valence-electron chi connectivity index (χ1n) is 7.07. The predicted molar refractivity (Wildman–Crippen MR) is 74.3 cm³/mol. The van der Waals surface area contributed by atoms with E-state index in [9.17, 15) is 4.39 Å². The molecule has 2 heterocycles. The molecule has 0 saturated carbocycles. The van der Waals surface area contributed by atoms with Crippen LogP contribution in [0.15, 0.2) is 28.8 Å². The van der Waals surface area contributed by atoms with Crippen molar-refractivity contribution in [2.24, 2.45) is 5.73 Å². The third-order valence-corrected chi connectivity index (χ3v) is 4.01. The van der Waals surface area contributed by atoms with Gasteiger partial charge in [0.05, 0.1) is 5.41 Å². The van der Waals surface area contributed by atoms with Crippen LogP contribution in [0.5, 0.6) is 0 Å². The summed E-state index contributed by atoms with van der Waals surface area (Å²) in [5, 5.41) is 4.00. The second kappa shape index (κ2) is 5.91. The van der Waals surface area contributed by atoms with Crippen molar-refractivity contribution in [3.8, 4) is 0 Å². The zero-order chi connectivity index (χ0) is 14.7. The fourth-order valence-electron chi connectivity index (χ4n) is 2.64. The number of ether oxygens (including phenoxy) is 1. The molecule has 1 saturated heterocycles. The van der Waals surface area contributed by atoms with Crippen LogP contribution in [0.1, 0.15) is 30.1 Å². The van der Waals surface area contributed by atoms with E-state index in [-0.39, 0.29) is 11.2 Å². The van der Waals surface area contributed by atoms with Crippen molar-refractivity contribution in [2.75, 3.05) is 19.8 Å². The number of nitrogens with zero attached hydrogens (tertiary/aromatic N) is 2. The van der Waals surface area contributed by atoms with Gasteiger partial charge in [0.25, 0.3) is 0 Å². The molecule has 6 heteroatoms. The molecule has 1 aromatic heterocycles. The summed E-state index contributed by atoms with van der Waals surface area (Å²) in [6, 6.07) is 6.40. The van der Waals surface area contributed by atoms with Crippen LogP contribution in [0.3, 0.4) is 0 Å². The first kappa shape index (κ1) is 14.2. The SMILES string of the molecule is NCC1(c2nc(Cc3cccc(F)c3)no2)CCOCC1. The third kappa shape index (κ3) is 2.96. The summed E-state index contributed by atoms with van der Waals surface area (Å²) < 4.78 is 24.0. The molecule has 1 aromatic carbocycles. The van der Waals surface area contributed by atoms with Gasteiger partial charge in [0, 0.05) is 26.2 Å². The summed E-state index contributed by atoms with van der Waals surface area (Å²) in [7, 11) is 0. The lowest BCUT2D eigenvalue weighted by Crippen LogP contribution is -2.40. The molecule has 1 fully saturated rings. The molecule has 0 unspecified atom stereocenters. The molecule has 0 aliphatic carbocycles. The van der Waals surface area contributed by atoms with Crippen LogP contribution in [0.25, 0.3) is 0 Å². The van der Waals surface area contributed by atoms with Crippen LogP contribution in [0, 0.1) is 5.82 Å². The molecule has 1 aliphatic rings. The van der Waals surface area contributed by atoms with Crippen LogP contribution in [0.4, 0.5) is 4.39 Å². The standard InChI is InChI=1S/C15H18FN3O2/c16-12-3-1-2-11(8-12)9-13-18-14(21-19-13)15(10-17)4-6-20-7-5-15/h1-3,8H,4-7,9-10,17H2. The van der Waals surface area contributed by atoms with E-state index in [2.05, 4.69) is 10.1 Å². The molecule has 2 aromatic rings. The molecule has 5 nitrogen and oxygen atoms in total. The highest BCUT2D eigenvalue weighted by Crippen LogP contribution is 2.32. The van der Waals surface area contributed by atoms with E-state index in [0.29, 0.717) is 37.9 Å². The topological polar surface area (TPSA) is 74.2 Å². The molecule has 112 valence electrons. The number of benzene rings is 1. The molecule has 0 bridgehead atoms. The summed E-state index contributed by atoms with van der Waals surface area (Å²) >= 11 is 0. The van der Waals surface area contributed by atoms with Gasteiger partial charge in [-0.25, -0.2) is 4.39 Å². The number of hydrogen-bond acceptors (Lipinski definition) is 5. The van der Waals surface area contributed by atoms with Gasteiger partial charge in [0.2, 0.25) is 5.89 Å². The minimum absolute atomic E-state index is 0.265. The van der Waals surface area contributed by atoms with Crippen LogP contribution in [-0.2, 0) is 16.6 Å². The van der Waals surface area contributed by atoms with E-state index in [0.717, 1.165) is 18.4 Å². The van der Waals surface area contributed by atoms with Gasteiger partial charge >= 0.3 is 0 Å². The van der Waals surface area contributed by atoms with Crippen molar-refractivity contribution in [1.82, 2.24) is 10.1 Å². The summed E-state index contributed by atoms with van der Waals surface area (Å²) in [4.78, 5) is 4.47. The molecule has 3 rings (SSSR count). The van der Waals surface area contributed by atoms with Crippen molar-refractivity contribution in [1.29, 1.82) is 0 Å². The molecule has 0 spiro atoms. The second-order valence-corrected chi connectivity index (χ2v) is 5.42. The average molecular weight is 291 g/mol. The summed E-state index contributed by atoms with van der Waals surface area (Å²) in [6.07, 6.45) is 2.01. The molecule has 0 radical (unpaired) electrons. The maximum atomic E-state index is 13.2. The maximum absolute atomic E-state index is 13.2. The Labute approximate surface area is 122 Å². The Balaban J connectivity index is 1.79. The zero-order valence-electron chi connectivity index (χ0n) is 11.7. The Morgan fingerprint density at radius 1 is 1.29 bits per heavy atom. The molecule has 0 amide bonds. The largest absolute Gasteiger partial charge is 0.381 e. The van der Waals surface area contributed by atoms with Crippen molar-refractivity contribution in [3.63, 3.8) is 0 Å². The number of rotatable bonds is 4. The van der Waals surface area contributed by atoms with Gasteiger partial charge in [-0.1, -0.05) is 17.3 Å². The van der Waals surface area contributed by atoms with E-state index in [1.807, 2.05) is 6.07 Å². The monoisotopic (exact) mass is 291 g/mol. The summed E-state index contributed by atoms with van der Waals surface area (Å²) in [6.45, 7) is 1.76. The Morgan fingerprint density at radius 3 is 2.81 bits per heavy atom. The molecule has 1 aliphatic heterocycles. The lowest BCUT2D eigenvalue weighted by molar-refractivity contribution is 0.0409. The van der Waals surface area contributed by atoms with Crippen LogP contribution in [-0.4, -0.2) is 29.9 Å². The minimum atomic E-state index is -0.286. The number of aromatic nitrogens is 2. The molecular weight excluding hydrogens is 273 g/mol. The van der Waals surface area contributed by atoms with Gasteiger partial charge in [-0.2, -0.15) is 4.98 Å². The Kier molecular flexibility index (Phi) is 3.98. The quantitative estimate of drug-likeness (QED) is 0.930. The lowest BCUT2D eigenvalue weighted by Gasteiger charge is -2.32. The third-order valence-electron chi connectivity index (χ3n) is 4.01. The predicted octanol–water partition coefficient (Wildman–Crippen LogP) is 1.81. The Morgan fingerprint density at radius 2 is 2.10 bits per heavy atom. The first-order valence-corrected chi connectivity index (χ1v) is 7.07. The van der Waals surface area contributed by atoms with Gasteiger partial charge in [-0.05, 0) is 30.5 Å². The van der Waals surface area contributed by atoms with Crippen molar-refractivity contribution < 1.29 is 13.7 Å². The fraction of sp³-hybridized carbons (Fsp3) is 0.467. The van der Waals surface area contributed by atoms with E-state index < -0.39 is 0 Å². The normalized spacial score (nSPS) is 17.8. The number of nitrogens with two attached hydrogens (primary N) is 1. The first-order chi connectivity index (χ1) is 10.2. The zero-order valence-corrected chi connectivity index (χ0v) is 11.7. The van der Waals surface area contributed by atoms with Crippen LogP contribution in [0.2, 0.25) is 0 Å². The number of hydrogen-bond donors (Lipinski definition) is 1. The maximum Gasteiger partial charge on any atom is 0.234 e. The average Bonchev–Trinajstić information content (AvgIpc) is 2.97. The van der Waals surface area contributed by atoms with E-state index in [4.69, 9.17) is 15.0 Å². The minimum Gasteiger partial charge on any atom is -0.381 e. The summed E-state index contributed by atoms with van der Waals surface area (Å²) in [5.41, 5.74) is 6.45. The van der Waals surface area contributed by atoms with Crippen molar-refractivity contribution in [2.45, 2.75) is 24.7 Å². The highest BCUT2D eigenvalue weighted by atomic mass is 19.1. The second-order valence-electron chi connectivity index (χ2n) is 5.42. The van der Waals surface area contributed by atoms with Crippen LogP contribution < -0.4 is 5.73 Å². The van der Waals surface area contributed by atoms with Crippen molar-refractivity contribution in [3.05, 3.63) is 47.4 Å². The van der Waals surface area contributed by atoms with E-state index >= 15 is 0 Å². The van der Waals surface area contributed by atoms with Gasteiger partial charge in [-0.3, -0.25) is 0 Å². The summed E-state index contributed by atoms with van der Waals surface area (Å²) in [5.74, 6) is 0.855. The van der Waals surface area contributed by atoms with Crippen LogP contribution >= 0.6 is 0 Å². The molecule has 21 heavy (non-hydrogen) atoms. The van der Waals surface area contributed by atoms with E-state index in [1.165, 1.54) is 12.1 Å². The highest BCUT2D eigenvalue weighted by Gasteiger charge is 2.38. The lowest BCUT2D eigenvalue weighted by atomic mass is 9.80. The molecule has 2 N–H and O–H groups in total. The van der Waals surface area contributed by atoms with Gasteiger partial charge < -0.3 is 15.0 Å². The Hall–Kier alpha value is -1.79. The fourth-order valence-corrected chi connectivity index (χ4v) is 2.64. The molecular formula is C15H18FN3O2. The van der Waals surface area contributed by atoms with Gasteiger partial charge in [0.15, 0.2) is 5.82 Å². The van der Waals surface area contributed by atoms with Gasteiger partial charge in [-0.15, -0.1) is 0 Å². The molecule has 0 atom stereocenters. The smallest absolute Gasteiger partial charge is 0.234 e. The highest BCUT2D eigenvalue weighted by molar-refractivity contribution is 5.20. The van der Waals surface area contributed by atoms with E-state index in [1.54, 1.807) is 6.07 Å². The Bertz CT molecular complexity index is 608.